The Morgan fingerprint density at radius 3 is 3.00 bits per heavy atom. The Labute approximate surface area is 84.5 Å². The van der Waals surface area contributed by atoms with Crippen LogP contribution < -0.4 is 10.3 Å². The van der Waals surface area contributed by atoms with E-state index in [0.29, 0.717) is 21.7 Å². The van der Waals surface area contributed by atoms with Gasteiger partial charge in [0.1, 0.15) is 11.1 Å². The fourth-order valence-corrected chi connectivity index (χ4v) is 1.50. The molecule has 0 radical (unpaired) electrons. The monoisotopic (exact) mass is 210 g/mol. The highest BCUT2D eigenvalue weighted by Gasteiger charge is 2.09. The van der Waals surface area contributed by atoms with Gasteiger partial charge in [-0.1, -0.05) is 11.6 Å². The normalized spacial score (nSPS) is 10.4. The number of hydrogen-bond acceptors (Lipinski definition) is 3. The average molecular weight is 211 g/mol. The smallest absolute Gasteiger partial charge is 0.262 e. The molecule has 0 aliphatic heterocycles. The van der Waals surface area contributed by atoms with Gasteiger partial charge in [-0.15, -0.1) is 0 Å². The van der Waals surface area contributed by atoms with Crippen LogP contribution in [-0.2, 0) is 0 Å². The largest absolute Gasteiger partial charge is 0.496 e. The minimum Gasteiger partial charge on any atom is -0.496 e. The molecule has 2 rings (SSSR count). The maximum absolute atomic E-state index is 11.5. The summed E-state index contributed by atoms with van der Waals surface area (Å²) in [6, 6.07) is 3.29. The summed E-state index contributed by atoms with van der Waals surface area (Å²) in [5.74, 6) is 0.471. The van der Waals surface area contributed by atoms with Gasteiger partial charge in [0, 0.05) is 0 Å². The molecule has 1 heterocycles. The zero-order chi connectivity index (χ0) is 10.1. The summed E-state index contributed by atoms with van der Waals surface area (Å²) in [5, 5.41) is 0.814. The van der Waals surface area contributed by atoms with Gasteiger partial charge in [-0.3, -0.25) is 4.79 Å². The Bertz CT molecular complexity index is 536. The molecule has 0 spiro atoms. The van der Waals surface area contributed by atoms with E-state index < -0.39 is 0 Å². The van der Waals surface area contributed by atoms with Crippen LogP contribution in [0.5, 0.6) is 5.75 Å². The summed E-state index contributed by atoms with van der Waals surface area (Å²) in [6.07, 6.45) is 1.32. The number of rotatable bonds is 1. The number of ether oxygens (including phenoxy) is 1. The second-order valence-electron chi connectivity index (χ2n) is 2.70. The van der Waals surface area contributed by atoms with Gasteiger partial charge in [-0.05, 0) is 12.1 Å². The average Bonchev–Trinajstić information content (AvgIpc) is 2.20. The molecule has 1 aromatic heterocycles. The molecule has 2 aromatic rings. The number of H-pyrrole nitrogens is 1. The van der Waals surface area contributed by atoms with Crippen molar-refractivity contribution in [2.75, 3.05) is 7.11 Å². The first-order valence-electron chi connectivity index (χ1n) is 3.94. The number of nitrogens with one attached hydrogen (secondary N) is 1. The van der Waals surface area contributed by atoms with Crippen LogP contribution in [0.15, 0.2) is 23.3 Å². The van der Waals surface area contributed by atoms with Crippen molar-refractivity contribution in [3.05, 3.63) is 33.8 Å². The highest BCUT2D eigenvalue weighted by Crippen LogP contribution is 2.26. The summed E-state index contributed by atoms with van der Waals surface area (Å²) in [5.41, 5.74) is 0.198. The maximum atomic E-state index is 11.5. The van der Waals surface area contributed by atoms with Crippen molar-refractivity contribution in [1.82, 2.24) is 9.97 Å². The second kappa shape index (κ2) is 3.31. The molecule has 0 unspecified atom stereocenters. The molecule has 4 nitrogen and oxygen atoms in total. The lowest BCUT2D eigenvalue weighted by atomic mass is 10.2. The molecule has 0 aliphatic rings. The zero-order valence-corrected chi connectivity index (χ0v) is 8.13. The van der Waals surface area contributed by atoms with Crippen molar-refractivity contribution in [3.8, 4) is 5.75 Å². The molecule has 0 aliphatic carbocycles. The fourth-order valence-electron chi connectivity index (χ4n) is 1.29. The lowest BCUT2D eigenvalue weighted by Crippen LogP contribution is -2.07. The minimum atomic E-state index is -0.255. The van der Waals surface area contributed by atoms with E-state index in [1.807, 2.05) is 0 Å². The number of aromatic amines is 1. The van der Waals surface area contributed by atoms with E-state index in [9.17, 15) is 4.79 Å². The van der Waals surface area contributed by atoms with Gasteiger partial charge in [0.15, 0.2) is 0 Å². The third kappa shape index (κ3) is 1.24. The summed E-state index contributed by atoms with van der Waals surface area (Å²) in [4.78, 5) is 17.9. The Morgan fingerprint density at radius 1 is 1.50 bits per heavy atom. The van der Waals surface area contributed by atoms with E-state index in [0.717, 1.165) is 0 Å². The SMILES string of the molecule is COc1ccc(Cl)c2nc[nH]c(=O)c12. The number of halogens is 1. The molecular weight excluding hydrogens is 204 g/mol. The molecule has 5 heteroatoms. The van der Waals surface area contributed by atoms with Gasteiger partial charge in [-0.25, -0.2) is 4.98 Å². The van der Waals surface area contributed by atoms with E-state index in [1.54, 1.807) is 12.1 Å². The Hall–Kier alpha value is -1.55. The predicted molar refractivity (Wildman–Crippen MR) is 53.9 cm³/mol. The molecule has 0 saturated carbocycles. The van der Waals surface area contributed by atoms with Gasteiger partial charge in [0.05, 0.1) is 24.0 Å². The first-order chi connectivity index (χ1) is 6.74. The van der Waals surface area contributed by atoms with Crippen LogP contribution in [0, 0.1) is 0 Å². The van der Waals surface area contributed by atoms with Gasteiger partial charge < -0.3 is 9.72 Å². The van der Waals surface area contributed by atoms with Gasteiger partial charge in [0.25, 0.3) is 5.56 Å². The highest BCUT2D eigenvalue weighted by molar-refractivity contribution is 6.35. The van der Waals surface area contributed by atoms with Crippen molar-refractivity contribution in [1.29, 1.82) is 0 Å². The van der Waals surface area contributed by atoms with Crippen LogP contribution in [0.4, 0.5) is 0 Å². The van der Waals surface area contributed by atoms with E-state index >= 15 is 0 Å². The number of benzene rings is 1. The van der Waals surface area contributed by atoms with Gasteiger partial charge >= 0.3 is 0 Å². The third-order valence-electron chi connectivity index (χ3n) is 1.93. The Kier molecular flexibility index (Phi) is 2.13. The maximum Gasteiger partial charge on any atom is 0.262 e. The molecular formula is C9H7ClN2O2. The number of fused-ring (bicyclic) bond motifs is 1. The molecule has 0 fully saturated rings. The highest BCUT2D eigenvalue weighted by atomic mass is 35.5. The van der Waals surface area contributed by atoms with Crippen LogP contribution in [0.25, 0.3) is 10.9 Å². The predicted octanol–water partition coefficient (Wildman–Crippen LogP) is 1.59. The van der Waals surface area contributed by atoms with Crippen molar-refractivity contribution in [2.45, 2.75) is 0 Å². The summed E-state index contributed by atoms with van der Waals surface area (Å²) < 4.78 is 5.04. The van der Waals surface area contributed by atoms with Crippen LogP contribution >= 0.6 is 11.6 Å². The van der Waals surface area contributed by atoms with Crippen LogP contribution in [0.2, 0.25) is 5.02 Å². The van der Waals surface area contributed by atoms with Crippen molar-refractivity contribution in [2.24, 2.45) is 0 Å². The van der Waals surface area contributed by atoms with E-state index in [-0.39, 0.29) is 5.56 Å². The topological polar surface area (TPSA) is 55.0 Å². The summed E-state index contributed by atoms with van der Waals surface area (Å²) >= 11 is 5.89. The molecule has 0 saturated heterocycles. The molecule has 0 bridgehead atoms. The van der Waals surface area contributed by atoms with E-state index in [4.69, 9.17) is 16.3 Å². The third-order valence-corrected chi connectivity index (χ3v) is 2.23. The molecule has 1 aromatic carbocycles. The van der Waals surface area contributed by atoms with Gasteiger partial charge in [-0.2, -0.15) is 0 Å². The van der Waals surface area contributed by atoms with Crippen LogP contribution in [-0.4, -0.2) is 17.1 Å². The molecule has 72 valence electrons. The lowest BCUT2D eigenvalue weighted by Gasteiger charge is -2.04. The molecule has 14 heavy (non-hydrogen) atoms. The quantitative estimate of drug-likeness (QED) is 0.778. The first kappa shape index (κ1) is 9.02. The van der Waals surface area contributed by atoms with E-state index in [1.165, 1.54) is 13.4 Å². The fraction of sp³-hybridized carbons (Fsp3) is 0.111. The van der Waals surface area contributed by atoms with Crippen molar-refractivity contribution in [3.63, 3.8) is 0 Å². The van der Waals surface area contributed by atoms with Gasteiger partial charge in [0.2, 0.25) is 0 Å². The Morgan fingerprint density at radius 2 is 2.29 bits per heavy atom. The number of methoxy groups -OCH3 is 1. The van der Waals surface area contributed by atoms with E-state index in [2.05, 4.69) is 9.97 Å². The minimum absolute atomic E-state index is 0.255. The number of aromatic nitrogens is 2. The lowest BCUT2D eigenvalue weighted by molar-refractivity contribution is 0.419. The first-order valence-corrected chi connectivity index (χ1v) is 4.31. The number of nitrogens with zero attached hydrogens (tertiary/aromatic N) is 1. The summed E-state index contributed by atoms with van der Waals surface area (Å²) in [7, 11) is 1.50. The molecule has 0 atom stereocenters. The second-order valence-corrected chi connectivity index (χ2v) is 3.11. The van der Waals surface area contributed by atoms with Crippen LogP contribution in [0.3, 0.4) is 0 Å². The van der Waals surface area contributed by atoms with Crippen LogP contribution in [0.1, 0.15) is 0 Å². The van der Waals surface area contributed by atoms with Crippen molar-refractivity contribution >= 4 is 22.5 Å². The molecule has 1 N–H and O–H groups in total. The summed E-state index contributed by atoms with van der Waals surface area (Å²) in [6.45, 7) is 0. The zero-order valence-electron chi connectivity index (χ0n) is 7.37. The molecule has 0 amide bonds. The Balaban J connectivity index is 3.00. The van der Waals surface area contributed by atoms with Crippen molar-refractivity contribution < 1.29 is 4.74 Å². The standard InChI is InChI=1S/C9H7ClN2O2/c1-14-6-3-2-5(10)8-7(6)9(13)12-4-11-8/h2-4H,1H3,(H,11,12,13). The number of hydrogen-bond donors (Lipinski definition) is 1.